The van der Waals surface area contributed by atoms with Gasteiger partial charge in [0, 0.05) is 23.0 Å². The molecule has 0 spiro atoms. The van der Waals surface area contributed by atoms with Crippen LogP contribution in [0.25, 0.3) is 5.82 Å². The molecule has 1 N–H and O–H groups in total. The maximum Gasteiger partial charge on any atom is 0.573 e. The van der Waals surface area contributed by atoms with Crippen molar-refractivity contribution in [1.82, 2.24) is 19.7 Å². The van der Waals surface area contributed by atoms with Gasteiger partial charge in [0.1, 0.15) is 17.8 Å². The highest BCUT2D eigenvalue weighted by Crippen LogP contribution is 2.25. The van der Waals surface area contributed by atoms with Gasteiger partial charge in [0.05, 0.1) is 5.69 Å². The van der Waals surface area contributed by atoms with E-state index in [2.05, 4.69) is 25.1 Å². The minimum Gasteiger partial charge on any atom is -0.439 e. The summed E-state index contributed by atoms with van der Waals surface area (Å²) in [7, 11) is 0. The summed E-state index contributed by atoms with van der Waals surface area (Å²) >= 11 is 0. The number of nitrogens with one attached hydrogen (secondary N) is 1. The van der Waals surface area contributed by atoms with Gasteiger partial charge in [0.15, 0.2) is 5.82 Å². The molecule has 180 valence electrons. The van der Waals surface area contributed by atoms with E-state index < -0.39 is 18.0 Å². The van der Waals surface area contributed by atoms with Gasteiger partial charge in [-0.1, -0.05) is 0 Å². The monoisotopic (exact) mass is 483 g/mol. The summed E-state index contributed by atoms with van der Waals surface area (Å²) in [5.41, 5.74) is 3.60. The summed E-state index contributed by atoms with van der Waals surface area (Å²) in [5, 5.41) is 7.15. The number of nitrogens with zero attached hydrogens (tertiary/aromatic N) is 4. The number of anilines is 1. The van der Waals surface area contributed by atoms with Crippen LogP contribution in [0.2, 0.25) is 0 Å². The van der Waals surface area contributed by atoms with Crippen LogP contribution in [-0.2, 0) is 0 Å². The molecule has 11 heteroatoms. The van der Waals surface area contributed by atoms with Crippen LogP contribution in [-0.4, -0.2) is 32.0 Å². The number of hydrogen-bond acceptors (Lipinski definition) is 6. The molecule has 0 aliphatic carbocycles. The van der Waals surface area contributed by atoms with Crippen molar-refractivity contribution in [3.8, 4) is 23.2 Å². The van der Waals surface area contributed by atoms with Crippen LogP contribution in [0.4, 0.5) is 18.9 Å². The summed E-state index contributed by atoms with van der Waals surface area (Å²) < 4.78 is 48.1. The van der Waals surface area contributed by atoms with Gasteiger partial charge in [0.2, 0.25) is 5.88 Å². The molecule has 0 unspecified atom stereocenters. The van der Waals surface area contributed by atoms with Gasteiger partial charge in [-0.15, -0.1) is 13.2 Å². The van der Waals surface area contributed by atoms with Gasteiger partial charge < -0.3 is 14.8 Å². The zero-order valence-corrected chi connectivity index (χ0v) is 18.9. The van der Waals surface area contributed by atoms with Crippen LogP contribution in [0.3, 0.4) is 0 Å². The predicted molar refractivity (Wildman–Crippen MR) is 121 cm³/mol. The summed E-state index contributed by atoms with van der Waals surface area (Å²) in [4.78, 5) is 20.8. The number of rotatable bonds is 6. The molecule has 35 heavy (non-hydrogen) atoms. The highest BCUT2D eigenvalue weighted by Gasteiger charge is 2.31. The lowest BCUT2D eigenvalue weighted by Crippen LogP contribution is -2.17. The number of carbonyl (C=O) groups excluding carboxylic acids is 1. The number of aryl methyl sites for hydroxylation is 1. The number of alkyl halides is 3. The Morgan fingerprint density at radius 2 is 1.60 bits per heavy atom. The maximum absolute atomic E-state index is 12.4. The molecule has 2 aromatic heterocycles. The molecule has 0 bridgehead atoms. The van der Waals surface area contributed by atoms with Crippen molar-refractivity contribution in [2.45, 2.75) is 27.1 Å². The quantitative estimate of drug-likeness (QED) is 0.388. The van der Waals surface area contributed by atoms with Crippen LogP contribution in [0.5, 0.6) is 17.4 Å². The molecule has 1 amide bonds. The second kappa shape index (κ2) is 9.45. The SMILES string of the molecule is Cc1nn(-c2cc(Oc3ccc(NC(=O)c4ccc(OC(F)(F)F)cc4)cc3)ncn2)c(C)c1C. The Hall–Kier alpha value is -4.41. The summed E-state index contributed by atoms with van der Waals surface area (Å²) in [6.07, 6.45) is -3.41. The van der Waals surface area contributed by atoms with Crippen LogP contribution < -0.4 is 14.8 Å². The van der Waals surface area contributed by atoms with E-state index in [0.717, 1.165) is 29.1 Å². The Bertz CT molecular complexity index is 1350. The Kier molecular flexibility index (Phi) is 6.41. The molecule has 0 aliphatic rings. The zero-order chi connectivity index (χ0) is 25.2. The normalized spacial score (nSPS) is 11.3. The number of hydrogen-bond donors (Lipinski definition) is 1. The molecule has 2 aromatic carbocycles. The van der Waals surface area contributed by atoms with Crippen molar-refractivity contribution in [3.05, 3.63) is 83.4 Å². The van der Waals surface area contributed by atoms with Crippen molar-refractivity contribution < 1.29 is 27.4 Å². The Morgan fingerprint density at radius 1 is 0.943 bits per heavy atom. The van der Waals surface area contributed by atoms with E-state index in [-0.39, 0.29) is 5.56 Å². The van der Waals surface area contributed by atoms with Gasteiger partial charge in [-0.05, 0) is 74.9 Å². The van der Waals surface area contributed by atoms with E-state index >= 15 is 0 Å². The second-order valence-corrected chi connectivity index (χ2v) is 7.57. The van der Waals surface area contributed by atoms with E-state index in [1.807, 2.05) is 20.8 Å². The van der Waals surface area contributed by atoms with Crippen molar-refractivity contribution in [3.63, 3.8) is 0 Å². The van der Waals surface area contributed by atoms with E-state index in [1.54, 1.807) is 35.0 Å². The number of halogens is 3. The molecule has 0 aliphatic heterocycles. The van der Waals surface area contributed by atoms with Gasteiger partial charge in [-0.3, -0.25) is 4.79 Å². The second-order valence-electron chi connectivity index (χ2n) is 7.57. The van der Waals surface area contributed by atoms with Crippen molar-refractivity contribution >= 4 is 11.6 Å². The fraction of sp³-hybridized carbons (Fsp3) is 0.167. The first kappa shape index (κ1) is 23.7. The van der Waals surface area contributed by atoms with Crippen molar-refractivity contribution in [1.29, 1.82) is 0 Å². The molecular formula is C24H20F3N5O3. The fourth-order valence-electron chi connectivity index (χ4n) is 3.18. The number of benzene rings is 2. The first-order chi connectivity index (χ1) is 16.6. The molecule has 8 nitrogen and oxygen atoms in total. The summed E-state index contributed by atoms with van der Waals surface area (Å²) in [5.74, 6) is 0.470. The molecule has 2 heterocycles. The van der Waals surface area contributed by atoms with Crippen LogP contribution in [0.1, 0.15) is 27.3 Å². The highest BCUT2D eigenvalue weighted by atomic mass is 19.4. The molecule has 0 atom stereocenters. The molecule has 0 radical (unpaired) electrons. The largest absolute Gasteiger partial charge is 0.573 e. The third-order valence-corrected chi connectivity index (χ3v) is 5.18. The minimum absolute atomic E-state index is 0.174. The number of carbonyl (C=O) groups is 1. The Morgan fingerprint density at radius 3 is 2.20 bits per heavy atom. The molecule has 0 saturated heterocycles. The molecule has 0 fully saturated rings. The average molecular weight is 483 g/mol. The van der Waals surface area contributed by atoms with Crippen LogP contribution in [0.15, 0.2) is 60.9 Å². The number of amides is 1. The third kappa shape index (κ3) is 5.75. The van der Waals surface area contributed by atoms with Gasteiger partial charge in [-0.2, -0.15) is 5.10 Å². The molecule has 4 rings (SSSR count). The average Bonchev–Trinajstić information content (AvgIpc) is 3.07. The Balaban J connectivity index is 1.40. The van der Waals surface area contributed by atoms with E-state index in [9.17, 15) is 18.0 Å². The standard InChI is InChI=1S/C24H20F3N5O3/c1-14-15(2)31-32(16(14)3)21-12-22(29-13-28-21)34-19-10-6-18(7-11-19)30-23(33)17-4-8-20(9-5-17)35-24(25,26)27/h4-13H,1-3H3,(H,30,33). The van der Waals surface area contributed by atoms with Crippen LogP contribution in [0, 0.1) is 20.8 Å². The first-order valence-electron chi connectivity index (χ1n) is 10.4. The molecule has 0 saturated carbocycles. The first-order valence-corrected chi connectivity index (χ1v) is 10.4. The molecular weight excluding hydrogens is 463 g/mol. The van der Waals surface area contributed by atoms with Gasteiger partial charge in [-0.25, -0.2) is 14.6 Å². The van der Waals surface area contributed by atoms with Gasteiger partial charge >= 0.3 is 6.36 Å². The minimum atomic E-state index is -4.79. The smallest absolute Gasteiger partial charge is 0.439 e. The number of aromatic nitrogens is 4. The van der Waals surface area contributed by atoms with E-state index in [0.29, 0.717) is 23.1 Å². The lowest BCUT2D eigenvalue weighted by Gasteiger charge is -2.10. The van der Waals surface area contributed by atoms with Crippen molar-refractivity contribution in [2.75, 3.05) is 5.32 Å². The summed E-state index contributed by atoms with van der Waals surface area (Å²) in [6, 6.07) is 12.8. The maximum atomic E-state index is 12.4. The van der Waals surface area contributed by atoms with E-state index in [4.69, 9.17) is 4.74 Å². The highest BCUT2D eigenvalue weighted by molar-refractivity contribution is 6.04. The van der Waals surface area contributed by atoms with Crippen LogP contribution >= 0.6 is 0 Å². The van der Waals surface area contributed by atoms with Gasteiger partial charge in [0.25, 0.3) is 5.91 Å². The molecule has 4 aromatic rings. The predicted octanol–water partition coefficient (Wildman–Crippen LogP) is 5.53. The van der Waals surface area contributed by atoms with E-state index in [1.165, 1.54) is 18.5 Å². The Labute approximate surface area is 198 Å². The zero-order valence-electron chi connectivity index (χ0n) is 18.9. The lowest BCUT2D eigenvalue weighted by atomic mass is 10.2. The summed E-state index contributed by atoms with van der Waals surface area (Å²) in [6.45, 7) is 5.87. The van der Waals surface area contributed by atoms with Crippen molar-refractivity contribution in [2.24, 2.45) is 0 Å². The number of ether oxygens (including phenoxy) is 2. The topological polar surface area (TPSA) is 91.2 Å². The third-order valence-electron chi connectivity index (χ3n) is 5.18. The fourth-order valence-corrected chi connectivity index (χ4v) is 3.18. The lowest BCUT2D eigenvalue weighted by molar-refractivity contribution is -0.274.